The van der Waals surface area contributed by atoms with E-state index in [9.17, 15) is 4.39 Å². The minimum Gasteiger partial charge on any atom is -0.463 e. The Labute approximate surface area is 85.3 Å². The van der Waals surface area contributed by atoms with Gasteiger partial charge in [-0.25, -0.2) is 9.38 Å². The van der Waals surface area contributed by atoms with E-state index in [2.05, 4.69) is 4.99 Å². The summed E-state index contributed by atoms with van der Waals surface area (Å²) in [5.41, 5.74) is 6.05. The van der Waals surface area contributed by atoms with E-state index in [1.807, 2.05) is 0 Å². The summed E-state index contributed by atoms with van der Waals surface area (Å²) in [4.78, 5) is 3.99. The van der Waals surface area contributed by atoms with Gasteiger partial charge in [0.25, 0.3) is 6.02 Å². The van der Waals surface area contributed by atoms with Crippen LogP contribution in [0, 0.1) is 5.82 Å². The van der Waals surface area contributed by atoms with Gasteiger partial charge in [0.15, 0.2) is 0 Å². The Bertz CT molecular complexity index is 394. The standard InChI is InChI=1S/C9H8ClFN2O/c10-6-2-1-5(3-7(6)11)8-4-14-9(12)13-8/h1-3,8H,4H2,(H2,12,13)/t8-/m0/s1. The molecule has 0 saturated carbocycles. The van der Waals surface area contributed by atoms with Gasteiger partial charge in [-0.3, -0.25) is 0 Å². The van der Waals surface area contributed by atoms with E-state index in [1.54, 1.807) is 6.07 Å². The number of nitrogens with two attached hydrogens (primary N) is 1. The second-order valence-electron chi connectivity index (χ2n) is 2.97. The predicted octanol–water partition coefficient (Wildman–Crippen LogP) is 1.87. The van der Waals surface area contributed by atoms with Crippen LogP contribution < -0.4 is 5.73 Å². The molecule has 0 bridgehead atoms. The van der Waals surface area contributed by atoms with Crippen LogP contribution in [-0.2, 0) is 4.74 Å². The molecule has 0 spiro atoms. The summed E-state index contributed by atoms with van der Waals surface area (Å²) < 4.78 is 18.0. The van der Waals surface area contributed by atoms with E-state index < -0.39 is 5.82 Å². The highest BCUT2D eigenvalue weighted by atomic mass is 35.5. The molecule has 0 unspecified atom stereocenters. The minimum absolute atomic E-state index is 0.101. The summed E-state index contributed by atoms with van der Waals surface area (Å²) in [6.45, 7) is 0.354. The van der Waals surface area contributed by atoms with Crippen LogP contribution in [0.2, 0.25) is 5.02 Å². The number of aliphatic imine (C=N–C) groups is 1. The van der Waals surface area contributed by atoms with E-state index in [1.165, 1.54) is 12.1 Å². The summed E-state index contributed by atoms with van der Waals surface area (Å²) in [5.74, 6) is -0.454. The van der Waals surface area contributed by atoms with Crippen LogP contribution in [-0.4, -0.2) is 12.6 Å². The van der Waals surface area contributed by atoms with Crippen molar-refractivity contribution in [2.45, 2.75) is 6.04 Å². The molecule has 5 heteroatoms. The van der Waals surface area contributed by atoms with Gasteiger partial charge in [-0.05, 0) is 17.7 Å². The summed E-state index contributed by atoms with van der Waals surface area (Å²) in [6.07, 6.45) is 0. The van der Waals surface area contributed by atoms with Crippen molar-refractivity contribution in [2.75, 3.05) is 6.61 Å². The molecule has 1 aromatic rings. The lowest BCUT2D eigenvalue weighted by molar-refractivity contribution is 0.315. The molecule has 14 heavy (non-hydrogen) atoms. The van der Waals surface area contributed by atoms with E-state index in [0.717, 1.165) is 0 Å². The van der Waals surface area contributed by atoms with Gasteiger partial charge in [0.05, 0.1) is 5.02 Å². The first-order valence-corrected chi connectivity index (χ1v) is 4.45. The van der Waals surface area contributed by atoms with Crippen molar-refractivity contribution >= 4 is 17.6 Å². The molecular weight excluding hydrogens is 207 g/mol. The van der Waals surface area contributed by atoms with Crippen molar-refractivity contribution in [2.24, 2.45) is 10.7 Å². The zero-order valence-electron chi connectivity index (χ0n) is 7.21. The van der Waals surface area contributed by atoms with Gasteiger partial charge in [0.2, 0.25) is 0 Å². The molecule has 0 saturated heterocycles. The molecule has 0 fully saturated rings. The fourth-order valence-electron chi connectivity index (χ4n) is 1.28. The first kappa shape index (κ1) is 9.27. The maximum absolute atomic E-state index is 13.1. The fourth-order valence-corrected chi connectivity index (χ4v) is 1.40. The third kappa shape index (κ3) is 1.65. The summed E-state index contributed by atoms with van der Waals surface area (Å²) in [7, 11) is 0. The zero-order valence-corrected chi connectivity index (χ0v) is 7.96. The Morgan fingerprint density at radius 2 is 2.36 bits per heavy atom. The minimum atomic E-state index is -0.454. The lowest BCUT2D eigenvalue weighted by atomic mass is 10.1. The number of rotatable bonds is 1. The summed E-state index contributed by atoms with van der Waals surface area (Å²) >= 11 is 5.55. The second-order valence-corrected chi connectivity index (χ2v) is 3.37. The van der Waals surface area contributed by atoms with Crippen LogP contribution in [0.1, 0.15) is 11.6 Å². The topological polar surface area (TPSA) is 47.6 Å². The Balaban J connectivity index is 2.29. The van der Waals surface area contributed by atoms with Crippen LogP contribution in [0.15, 0.2) is 23.2 Å². The van der Waals surface area contributed by atoms with Crippen LogP contribution in [0.4, 0.5) is 4.39 Å². The lowest BCUT2D eigenvalue weighted by Gasteiger charge is -2.05. The maximum Gasteiger partial charge on any atom is 0.282 e. The zero-order chi connectivity index (χ0) is 10.1. The average molecular weight is 215 g/mol. The highest BCUT2D eigenvalue weighted by Gasteiger charge is 2.19. The predicted molar refractivity (Wildman–Crippen MR) is 51.7 cm³/mol. The van der Waals surface area contributed by atoms with Crippen molar-refractivity contribution < 1.29 is 9.13 Å². The summed E-state index contributed by atoms with van der Waals surface area (Å²) in [5, 5.41) is 0.101. The molecule has 0 aliphatic carbocycles. The van der Waals surface area contributed by atoms with Gasteiger partial charge in [0.1, 0.15) is 18.5 Å². The highest BCUT2D eigenvalue weighted by molar-refractivity contribution is 6.30. The number of amidine groups is 1. The van der Waals surface area contributed by atoms with Crippen LogP contribution >= 0.6 is 11.6 Å². The molecule has 3 nitrogen and oxygen atoms in total. The number of hydrogen-bond donors (Lipinski definition) is 1. The van der Waals surface area contributed by atoms with Crippen molar-refractivity contribution in [1.29, 1.82) is 0 Å². The molecule has 1 heterocycles. The van der Waals surface area contributed by atoms with Gasteiger partial charge < -0.3 is 10.5 Å². The monoisotopic (exact) mass is 214 g/mol. The van der Waals surface area contributed by atoms with Crippen LogP contribution in [0.3, 0.4) is 0 Å². The van der Waals surface area contributed by atoms with E-state index in [4.69, 9.17) is 22.1 Å². The molecule has 1 atom stereocenters. The largest absolute Gasteiger partial charge is 0.463 e. The average Bonchev–Trinajstić information content (AvgIpc) is 2.57. The molecule has 0 radical (unpaired) electrons. The molecule has 1 aliphatic heterocycles. The number of nitrogens with zero attached hydrogens (tertiary/aromatic N) is 1. The van der Waals surface area contributed by atoms with Gasteiger partial charge in [-0.2, -0.15) is 0 Å². The molecule has 0 aromatic heterocycles. The Kier molecular flexibility index (Phi) is 2.29. The fraction of sp³-hybridized carbons (Fsp3) is 0.222. The quantitative estimate of drug-likeness (QED) is 0.776. The molecule has 2 N–H and O–H groups in total. The highest BCUT2D eigenvalue weighted by Crippen LogP contribution is 2.25. The van der Waals surface area contributed by atoms with Crippen LogP contribution in [0.25, 0.3) is 0 Å². The molecule has 1 aliphatic rings. The van der Waals surface area contributed by atoms with Crippen molar-refractivity contribution in [3.63, 3.8) is 0 Å². The Morgan fingerprint density at radius 1 is 1.57 bits per heavy atom. The second kappa shape index (κ2) is 3.46. The molecule has 74 valence electrons. The number of benzene rings is 1. The van der Waals surface area contributed by atoms with Crippen molar-refractivity contribution in [3.8, 4) is 0 Å². The molecule has 0 amide bonds. The smallest absolute Gasteiger partial charge is 0.282 e. The Morgan fingerprint density at radius 3 is 2.93 bits per heavy atom. The molecular formula is C9H8ClFN2O. The normalized spacial score (nSPS) is 20.4. The van der Waals surface area contributed by atoms with Gasteiger partial charge in [-0.15, -0.1) is 0 Å². The SMILES string of the molecule is NC1=N[C@H](c2ccc(Cl)c(F)c2)CO1. The first-order chi connectivity index (χ1) is 6.66. The van der Waals surface area contributed by atoms with E-state index in [-0.39, 0.29) is 17.1 Å². The van der Waals surface area contributed by atoms with Gasteiger partial charge in [0, 0.05) is 0 Å². The van der Waals surface area contributed by atoms with Crippen molar-refractivity contribution in [3.05, 3.63) is 34.6 Å². The molecule has 2 rings (SSSR count). The molecule has 1 aromatic carbocycles. The maximum atomic E-state index is 13.1. The van der Waals surface area contributed by atoms with E-state index >= 15 is 0 Å². The first-order valence-electron chi connectivity index (χ1n) is 4.08. The number of halogens is 2. The van der Waals surface area contributed by atoms with Gasteiger partial charge >= 0.3 is 0 Å². The van der Waals surface area contributed by atoms with Crippen LogP contribution in [0.5, 0.6) is 0 Å². The third-order valence-corrected chi connectivity index (χ3v) is 2.31. The lowest BCUT2D eigenvalue weighted by Crippen LogP contribution is -2.10. The number of ether oxygens (including phenoxy) is 1. The van der Waals surface area contributed by atoms with Crippen molar-refractivity contribution in [1.82, 2.24) is 0 Å². The van der Waals surface area contributed by atoms with Gasteiger partial charge in [-0.1, -0.05) is 17.7 Å². The number of hydrogen-bond acceptors (Lipinski definition) is 3. The van der Waals surface area contributed by atoms with E-state index in [0.29, 0.717) is 12.2 Å². The Hall–Kier alpha value is -1.29. The summed E-state index contributed by atoms with van der Waals surface area (Å²) in [6, 6.07) is 4.48. The third-order valence-electron chi connectivity index (χ3n) is 2.00.